The van der Waals surface area contributed by atoms with Crippen molar-refractivity contribution in [1.29, 1.82) is 0 Å². The third-order valence-electron chi connectivity index (χ3n) is 5.18. The maximum absolute atomic E-state index is 12.7. The smallest absolute Gasteiger partial charge is 0.255 e. The van der Waals surface area contributed by atoms with Gasteiger partial charge in [-0.25, -0.2) is 13.4 Å². The number of carbonyl (C=O) groups is 1. The van der Waals surface area contributed by atoms with E-state index in [4.69, 9.17) is 4.42 Å². The maximum atomic E-state index is 12.7. The Hall–Kier alpha value is -3.65. The highest BCUT2D eigenvalue weighted by Gasteiger charge is 2.28. The van der Waals surface area contributed by atoms with Crippen LogP contribution in [0.2, 0.25) is 0 Å². The molecule has 1 saturated heterocycles. The first-order valence-corrected chi connectivity index (χ1v) is 11.5. The predicted molar refractivity (Wildman–Crippen MR) is 120 cm³/mol. The molecule has 4 aromatic rings. The highest BCUT2D eigenvalue weighted by Crippen LogP contribution is 2.27. The Morgan fingerprint density at radius 2 is 1.81 bits per heavy atom. The Kier molecular flexibility index (Phi) is 4.71. The van der Waals surface area contributed by atoms with E-state index in [-0.39, 0.29) is 11.7 Å². The highest BCUT2D eigenvalue weighted by atomic mass is 32.2. The molecule has 1 aromatic heterocycles. The molecule has 5 rings (SSSR count). The summed E-state index contributed by atoms with van der Waals surface area (Å²) in [4.78, 5) is 17.2. The molecule has 1 aliphatic rings. The average molecular weight is 433 g/mol. The van der Waals surface area contributed by atoms with Gasteiger partial charge in [0.15, 0.2) is 5.58 Å². The summed E-state index contributed by atoms with van der Waals surface area (Å²) in [6.07, 6.45) is 0.588. The van der Waals surface area contributed by atoms with Gasteiger partial charge >= 0.3 is 0 Å². The number of sulfonamides is 1. The molecule has 1 aliphatic heterocycles. The molecule has 0 unspecified atom stereocenters. The summed E-state index contributed by atoms with van der Waals surface area (Å²) in [6.45, 7) is 0.435. The zero-order chi connectivity index (χ0) is 21.4. The van der Waals surface area contributed by atoms with Gasteiger partial charge < -0.3 is 9.73 Å². The van der Waals surface area contributed by atoms with Gasteiger partial charge in [0, 0.05) is 23.4 Å². The van der Waals surface area contributed by atoms with Crippen LogP contribution in [0.15, 0.2) is 77.2 Å². The summed E-state index contributed by atoms with van der Waals surface area (Å²) in [5.41, 5.74) is 3.82. The van der Waals surface area contributed by atoms with Crippen molar-refractivity contribution in [1.82, 2.24) is 4.98 Å². The van der Waals surface area contributed by atoms with Gasteiger partial charge in [-0.3, -0.25) is 9.10 Å². The van der Waals surface area contributed by atoms with Crippen molar-refractivity contribution < 1.29 is 17.6 Å². The Labute approximate surface area is 179 Å². The number of fused-ring (bicyclic) bond motifs is 1. The lowest BCUT2D eigenvalue weighted by Crippen LogP contribution is -2.25. The lowest BCUT2D eigenvalue weighted by Gasteiger charge is -2.17. The van der Waals surface area contributed by atoms with Crippen LogP contribution in [0.25, 0.3) is 22.6 Å². The monoisotopic (exact) mass is 433 g/mol. The summed E-state index contributed by atoms with van der Waals surface area (Å²) in [5, 5.41) is 2.84. The predicted octanol–water partition coefficient (Wildman–Crippen LogP) is 4.29. The minimum absolute atomic E-state index is 0.135. The van der Waals surface area contributed by atoms with Gasteiger partial charge in [0.2, 0.25) is 15.9 Å². The molecular weight excluding hydrogens is 414 g/mol. The quantitative estimate of drug-likeness (QED) is 0.518. The van der Waals surface area contributed by atoms with Gasteiger partial charge in [0.05, 0.1) is 11.4 Å². The minimum atomic E-state index is -3.30. The van der Waals surface area contributed by atoms with E-state index in [2.05, 4.69) is 10.3 Å². The summed E-state index contributed by atoms with van der Waals surface area (Å²) in [7, 11) is -3.30. The van der Waals surface area contributed by atoms with Gasteiger partial charge in [0.25, 0.3) is 5.91 Å². The van der Waals surface area contributed by atoms with Crippen LogP contribution in [0.4, 0.5) is 11.4 Å². The van der Waals surface area contributed by atoms with Crippen molar-refractivity contribution in [3.63, 3.8) is 0 Å². The highest BCUT2D eigenvalue weighted by molar-refractivity contribution is 7.93. The molecular formula is C23H19N3O4S. The molecule has 31 heavy (non-hydrogen) atoms. The number of nitrogens with one attached hydrogen (secondary N) is 1. The van der Waals surface area contributed by atoms with E-state index >= 15 is 0 Å². The van der Waals surface area contributed by atoms with Crippen LogP contribution in [0.5, 0.6) is 0 Å². The Bertz CT molecular complexity index is 1340. The fraction of sp³-hybridized carbons (Fsp3) is 0.130. The third kappa shape index (κ3) is 3.77. The van der Waals surface area contributed by atoms with Crippen LogP contribution in [0.1, 0.15) is 16.8 Å². The van der Waals surface area contributed by atoms with E-state index in [0.29, 0.717) is 35.8 Å². The first-order chi connectivity index (χ1) is 15.0. The van der Waals surface area contributed by atoms with Crippen molar-refractivity contribution in [3.05, 3.63) is 78.4 Å². The summed E-state index contributed by atoms with van der Waals surface area (Å²) in [6, 6.07) is 21.4. The van der Waals surface area contributed by atoms with E-state index in [9.17, 15) is 13.2 Å². The Morgan fingerprint density at radius 3 is 2.55 bits per heavy atom. The molecule has 0 spiro atoms. The molecule has 0 aliphatic carbocycles. The fourth-order valence-corrected chi connectivity index (χ4v) is 5.18. The summed E-state index contributed by atoms with van der Waals surface area (Å²) in [5.74, 6) is 0.335. The summed E-state index contributed by atoms with van der Waals surface area (Å²) < 4.78 is 31.4. The lowest BCUT2D eigenvalue weighted by molar-refractivity contribution is 0.102. The number of hydrogen-bond acceptors (Lipinski definition) is 5. The van der Waals surface area contributed by atoms with Crippen molar-refractivity contribution >= 4 is 38.4 Å². The number of rotatable bonds is 4. The second-order valence-electron chi connectivity index (χ2n) is 7.31. The zero-order valence-electron chi connectivity index (χ0n) is 16.5. The van der Waals surface area contributed by atoms with E-state index < -0.39 is 10.0 Å². The number of oxazole rings is 1. The molecule has 1 N–H and O–H groups in total. The SMILES string of the molecule is O=C(Nc1ccc(-c2nc3ccccc3o2)cc1)c1cccc(N2CCCS2(=O)=O)c1. The van der Waals surface area contributed by atoms with Crippen molar-refractivity contribution in [2.75, 3.05) is 21.9 Å². The molecule has 2 heterocycles. The van der Waals surface area contributed by atoms with Crippen LogP contribution in [0.3, 0.4) is 0 Å². The topological polar surface area (TPSA) is 92.5 Å². The molecule has 1 amide bonds. The lowest BCUT2D eigenvalue weighted by atomic mass is 10.1. The minimum Gasteiger partial charge on any atom is -0.436 e. The number of anilines is 2. The average Bonchev–Trinajstić information content (AvgIpc) is 3.37. The van der Waals surface area contributed by atoms with E-state index in [1.165, 1.54) is 4.31 Å². The standard InChI is InChI=1S/C23H19N3O4S/c27-22(17-5-3-6-19(15-17)26-13-4-14-31(26,28)29)24-18-11-9-16(10-12-18)23-25-20-7-1-2-8-21(20)30-23/h1-3,5-12,15H,4,13-14H2,(H,24,27). The molecule has 0 saturated carbocycles. The number of amides is 1. The van der Waals surface area contributed by atoms with Crippen LogP contribution in [0, 0.1) is 0 Å². The molecule has 3 aromatic carbocycles. The largest absolute Gasteiger partial charge is 0.436 e. The molecule has 0 atom stereocenters. The van der Waals surface area contributed by atoms with E-state index in [0.717, 1.165) is 16.7 Å². The van der Waals surface area contributed by atoms with Crippen LogP contribution in [-0.4, -0.2) is 31.6 Å². The van der Waals surface area contributed by atoms with Crippen molar-refractivity contribution in [3.8, 4) is 11.5 Å². The third-order valence-corrected chi connectivity index (χ3v) is 7.05. The molecule has 7 nitrogen and oxygen atoms in total. The molecule has 0 radical (unpaired) electrons. The normalized spacial score (nSPS) is 15.3. The number of carbonyl (C=O) groups excluding carboxylic acids is 1. The first-order valence-electron chi connectivity index (χ1n) is 9.87. The van der Waals surface area contributed by atoms with Crippen LogP contribution in [-0.2, 0) is 10.0 Å². The molecule has 1 fully saturated rings. The van der Waals surface area contributed by atoms with Gasteiger partial charge in [-0.05, 0) is 61.0 Å². The molecule has 156 valence electrons. The molecule has 0 bridgehead atoms. The van der Waals surface area contributed by atoms with Crippen LogP contribution < -0.4 is 9.62 Å². The number of para-hydroxylation sites is 2. The van der Waals surface area contributed by atoms with Crippen LogP contribution >= 0.6 is 0 Å². The first kappa shape index (κ1) is 19.3. The van der Waals surface area contributed by atoms with Gasteiger partial charge in [0.1, 0.15) is 5.52 Å². The molecule has 8 heteroatoms. The Balaban J connectivity index is 1.33. The Morgan fingerprint density at radius 1 is 1.00 bits per heavy atom. The number of benzene rings is 3. The second kappa shape index (κ2) is 7.55. The second-order valence-corrected chi connectivity index (χ2v) is 9.32. The number of aromatic nitrogens is 1. The number of hydrogen-bond donors (Lipinski definition) is 1. The van der Waals surface area contributed by atoms with Crippen molar-refractivity contribution in [2.45, 2.75) is 6.42 Å². The van der Waals surface area contributed by atoms with Gasteiger partial charge in [-0.15, -0.1) is 0 Å². The van der Waals surface area contributed by atoms with E-state index in [1.54, 1.807) is 36.4 Å². The van der Waals surface area contributed by atoms with Gasteiger partial charge in [-0.2, -0.15) is 0 Å². The van der Waals surface area contributed by atoms with Crippen molar-refractivity contribution in [2.24, 2.45) is 0 Å². The maximum Gasteiger partial charge on any atom is 0.255 e. The number of nitrogens with zero attached hydrogens (tertiary/aromatic N) is 2. The fourth-order valence-electron chi connectivity index (χ4n) is 3.63. The summed E-state index contributed by atoms with van der Waals surface area (Å²) >= 11 is 0. The zero-order valence-corrected chi connectivity index (χ0v) is 17.3. The van der Waals surface area contributed by atoms with E-state index in [1.807, 2.05) is 36.4 Å². The van der Waals surface area contributed by atoms with Gasteiger partial charge in [-0.1, -0.05) is 18.2 Å².